The first-order valence-corrected chi connectivity index (χ1v) is 10.3. The quantitative estimate of drug-likeness (QED) is 0.438. The molecule has 0 aliphatic carbocycles. The molecular weight excluding hydrogens is 424 g/mol. The van der Waals surface area contributed by atoms with E-state index in [-0.39, 0.29) is 17.0 Å². The van der Waals surface area contributed by atoms with E-state index >= 15 is 0 Å². The van der Waals surface area contributed by atoms with Crippen LogP contribution in [0.4, 0.5) is 0 Å². The number of nitrogens with zero attached hydrogens (tertiary/aromatic N) is 4. The zero-order valence-electron chi connectivity index (χ0n) is 18.3. The molecule has 1 aromatic carbocycles. The number of carbonyl (C=O) groups is 1. The van der Waals surface area contributed by atoms with Crippen LogP contribution >= 0.6 is 0 Å². The van der Waals surface area contributed by atoms with Crippen LogP contribution in [0.25, 0.3) is 11.7 Å². The van der Waals surface area contributed by atoms with Crippen molar-refractivity contribution in [1.29, 1.82) is 5.26 Å². The number of hydrogen-bond acceptors (Lipinski definition) is 7. The van der Waals surface area contributed by atoms with Crippen molar-refractivity contribution in [2.24, 2.45) is 0 Å². The van der Waals surface area contributed by atoms with Gasteiger partial charge in [0.25, 0.3) is 11.5 Å². The smallest absolute Gasteiger partial charge is 0.269 e. The molecule has 9 heteroatoms. The maximum atomic E-state index is 13.4. The van der Waals surface area contributed by atoms with Crippen LogP contribution in [0.5, 0.6) is 17.4 Å². The number of ether oxygens (including phenoxy) is 3. The monoisotopic (exact) mass is 446 g/mol. The lowest BCUT2D eigenvalue weighted by molar-refractivity contribution is -0.130. The van der Waals surface area contributed by atoms with E-state index in [2.05, 4.69) is 4.98 Å². The number of morpholine rings is 1. The molecule has 1 saturated heterocycles. The minimum absolute atomic E-state index is 0.00185. The fourth-order valence-corrected chi connectivity index (χ4v) is 3.47. The van der Waals surface area contributed by atoms with E-state index in [0.29, 0.717) is 43.4 Å². The van der Waals surface area contributed by atoms with Crippen molar-refractivity contribution < 1.29 is 19.0 Å². The SMILES string of the molecule is COc1ccc(Oc2nc3c(C)cccn3c(=O)c2/C=C(\C#N)C(=O)N2CCOCC2)cc1. The number of methoxy groups -OCH3 is 1. The molecule has 1 amide bonds. The zero-order valence-corrected chi connectivity index (χ0v) is 18.3. The average Bonchev–Trinajstić information content (AvgIpc) is 2.85. The highest BCUT2D eigenvalue weighted by Crippen LogP contribution is 2.26. The van der Waals surface area contributed by atoms with E-state index in [9.17, 15) is 14.9 Å². The summed E-state index contributed by atoms with van der Waals surface area (Å²) in [5, 5.41) is 9.69. The van der Waals surface area contributed by atoms with E-state index in [1.807, 2.05) is 19.1 Å². The van der Waals surface area contributed by atoms with Crippen LogP contribution in [-0.2, 0) is 9.53 Å². The first-order chi connectivity index (χ1) is 16.0. The van der Waals surface area contributed by atoms with Gasteiger partial charge >= 0.3 is 0 Å². The second kappa shape index (κ2) is 9.54. The van der Waals surface area contributed by atoms with Gasteiger partial charge in [-0.25, -0.2) is 0 Å². The maximum Gasteiger partial charge on any atom is 0.269 e. The fraction of sp³-hybridized carbons (Fsp3) is 0.250. The average molecular weight is 446 g/mol. The number of benzene rings is 1. The molecule has 1 aliphatic heterocycles. The van der Waals surface area contributed by atoms with E-state index in [1.165, 1.54) is 15.4 Å². The predicted molar refractivity (Wildman–Crippen MR) is 120 cm³/mol. The van der Waals surface area contributed by atoms with Gasteiger partial charge in [-0.05, 0) is 48.9 Å². The van der Waals surface area contributed by atoms with E-state index in [1.54, 1.807) is 43.6 Å². The topological polar surface area (TPSA) is 106 Å². The summed E-state index contributed by atoms with van der Waals surface area (Å²) in [4.78, 5) is 32.3. The lowest BCUT2D eigenvalue weighted by atomic mass is 10.1. The molecule has 3 heterocycles. The Morgan fingerprint density at radius 2 is 1.88 bits per heavy atom. The number of rotatable bonds is 5. The largest absolute Gasteiger partial charge is 0.497 e. The van der Waals surface area contributed by atoms with Gasteiger partial charge in [-0.3, -0.25) is 14.0 Å². The molecule has 0 saturated carbocycles. The lowest BCUT2D eigenvalue weighted by Gasteiger charge is -2.26. The molecule has 0 radical (unpaired) electrons. The van der Waals surface area contributed by atoms with Crippen molar-refractivity contribution >= 4 is 17.6 Å². The van der Waals surface area contributed by atoms with Gasteiger partial charge in [-0.1, -0.05) is 6.07 Å². The highest BCUT2D eigenvalue weighted by molar-refractivity contribution is 6.02. The fourth-order valence-electron chi connectivity index (χ4n) is 3.47. The number of fused-ring (bicyclic) bond motifs is 1. The van der Waals surface area contributed by atoms with Gasteiger partial charge in [-0.15, -0.1) is 0 Å². The van der Waals surface area contributed by atoms with Crippen molar-refractivity contribution in [3.05, 3.63) is 69.6 Å². The molecule has 0 spiro atoms. The molecule has 1 fully saturated rings. The Morgan fingerprint density at radius 1 is 1.18 bits per heavy atom. The van der Waals surface area contributed by atoms with Crippen LogP contribution in [-0.4, -0.2) is 53.6 Å². The molecule has 4 rings (SSSR count). The number of aromatic nitrogens is 2. The second-order valence-electron chi connectivity index (χ2n) is 7.37. The van der Waals surface area contributed by atoms with Gasteiger partial charge in [0.2, 0.25) is 5.88 Å². The Morgan fingerprint density at radius 3 is 2.55 bits per heavy atom. The number of pyridine rings is 1. The van der Waals surface area contributed by atoms with Crippen molar-refractivity contribution in [3.8, 4) is 23.4 Å². The zero-order chi connectivity index (χ0) is 23.4. The van der Waals surface area contributed by atoms with Gasteiger partial charge in [0.1, 0.15) is 34.4 Å². The molecule has 1 aliphatic rings. The number of aryl methyl sites for hydroxylation is 1. The maximum absolute atomic E-state index is 13.4. The molecule has 9 nitrogen and oxygen atoms in total. The Hall–Kier alpha value is -4.16. The summed E-state index contributed by atoms with van der Waals surface area (Å²) < 4.78 is 17.8. The molecular formula is C24H22N4O5. The highest BCUT2D eigenvalue weighted by atomic mass is 16.5. The number of nitriles is 1. The molecule has 0 atom stereocenters. The van der Waals surface area contributed by atoms with Crippen molar-refractivity contribution in [1.82, 2.24) is 14.3 Å². The van der Waals surface area contributed by atoms with E-state index < -0.39 is 11.5 Å². The van der Waals surface area contributed by atoms with Gasteiger partial charge in [0, 0.05) is 19.3 Å². The summed E-state index contributed by atoms with van der Waals surface area (Å²) >= 11 is 0. The summed E-state index contributed by atoms with van der Waals surface area (Å²) in [5.41, 5.74) is 0.570. The molecule has 3 aromatic rings. The van der Waals surface area contributed by atoms with Crippen molar-refractivity contribution in [2.45, 2.75) is 6.92 Å². The standard InChI is InChI=1S/C24H22N4O5/c1-16-4-3-9-28-21(16)26-22(33-19-7-5-18(31-2)6-8-19)20(24(28)30)14-17(15-25)23(29)27-10-12-32-13-11-27/h3-9,14H,10-13H2,1-2H3/b17-14+. The number of amides is 1. The Kier molecular flexibility index (Phi) is 6.38. The molecule has 168 valence electrons. The summed E-state index contributed by atoms with van der Waals surface area (Å²) in [6.45, 7) is 3.38. The molecule has 0 bridgehead atoms. The van der Waals surface area contributed by atoms with Gasteiger partial charge in [-0.2, -0.15) is 10.2 Å². The third-order valence-electron chi connectivity index (χ3n) is 5.26. The van der Waals surface area contributed by atoms with Gasteiger partial charge in [0.15, 0.2) is 0 Å². The minimum Gasteiger partial charge on any atom is -0.497 e. The van der Waals surface area contributed by atoms with Crippen molar-refractivity contribution in [2.75, 3.05) is 33.4 Å². The molecule has 0 unspecified atom stereocenters. The van der Waals surface area contributed by atoms with Gasteiger partial charge < -0.3 is 19.1 Å². The number of carbonyl (C=O) groups excluding carboxylic acids is 1. The van der Waals surface area contributed by atoms with Crippen LogP contribution in [0.1, 0.15) is 11.1 Å². The summed E-state index contributed by atoms with van der Waals surface area (Å²) in [7, 11) is 1.56. The lowest BCUT2D eigenvalue weighted by Crippen LogP contribution is -2.41. The first kappa shape index (κ1) is 22.0. The minimum atomic E-state index is -0.468. The van der Waals surface area contributed by atoms with Gasteiger partial charge in [0.05, 0.1) is 20.3 Å². The Labute approximate surface area is 190 Å². The summed E-state index contributed by atoms with van der Waals surface area (Å²) in [6, 6.07) is 12.3. The molecule has 2 aromatic heterocycles. The third-order valence-corrected chi connectivity index (χ3v) is 5.26. The van der Waals surface area contributed by atoms with E-state index in [0.717, 1.165) is 5.56 Å². The first-order valence-electron chi connectivity index (χ1n) is 10.3. The molecule has 0 N–H and O–H groups in total. The van der Waals surface area contributed by atoms with Crippen LogP contribution in [0.3, 0.4) is 0 Å². The Bertz CT molecular complexity index is 1320. The summed E-state index contributed by atoms with van der Waals surface area (Å²) in [6.07, 6.45) is 2.84. The third kappa shape index (κ3) is 4.56. The van der Waals surface area contributed by atoms with Crippen molar-refractivity contribution in [3.63, 3.8) is 0 Å². The molecule has 33 heavy (non-hydrogen) atoms. The van der Waals surface area contributed by atoms with Crippen LogP contribution in [0, 0.1) is 18.3 Å². The van der Waals surface area contributed by atoms with Crippen LogP contribution < -0.4 is 15.0 Å². The normalized spacial score (nSPS) is 14.1. The Balaban J connectivity index is 1.84. The number of hydrogen-bond donors (Lipinski definition) is 0. The highest BCUT2D eigenvalue weighted by Gasteiger charge is 2.23. The van der Waals surface area contributed by atoms with Crippen LogP contribution in [0.2, 0.25) is 0 Å². The van der Waals surface area contributed by atoms with Crippen LogP contribution in [0.15, 0.2) is 53.0 Å². The predicted octanol–water partition coefficient (Wildman–Crippen LogP) is 2.57. The summed E-state index contributed by atoms with van der Waals surface area (Å²) in [5.74, 6) is 0.605. The second-order valence-corrected chi connectivity index (χ2v) is 7.37. The van der Waals surface area contributed by atoms with E-state index in [4.69, 9.17) is 14.2 Å².